The summed E-state index contributed by atoms with van der Waals surface area (Å²) in [6.45, 7) is 0. The lowest BCUT2D eigenvalue weighted by Gasteiger charge is -2.31. The Morgan fingerprint density at radius 1 is 0.964 bits per heavy atom. The lowest BCUT2D eigenvalue weighted by molar-refractivity contribution is 0.218. The zero-order chi connectivity index (χ0) is 18.9. The van der Waals surface area contributed by atoms with Crippen molar-refractivity contribution in [1.29, 1.82) is 0 Å². The van der Waals surface area contributed by atoms with Gasteiger partial charge in [0.05, 0.1) is 11.7 Å². The predicted octanol–water partition coefficient (Wildman–Crippen LogP) is 5.26. The van der Waals surface area contributed by atoms with Crippen molar-refractivity contribution in [3.05, 3.63) is 78.3 Å². The average Bonchev–Trinajstić information content (AvgIpc) is 3.48. The van der Waals surface area contributed by atoms with Crippen molar-refractivity contribution in [3.63, 3.8) is 0 Å². The van der Waals surface area contributed by atoms with Crippen molar-refractivity contribution in [1.82, 2.24) is 15.2 Å². The molecule has 1 aliphatic heterocycles. The number of pyridine rings is 1. The minimum atomic E-state index is -0.0101. The van der Waals surface area contributed by atoms with Crippen molar-refractivity contribution in [2.75, 3.05) is 0 Å². The van der Waals surface area contributed by atoms with E-state index in [1.807, 2.05) is 36.5 Å². The third-order valence-electron chi connectivity index (χ3n) is 5.83. The quantitative estimate of drug-likeness (QED) is 0.617. The number of rotatable bonds is 4. The Balaban J connectivity index is 1.55. The highest BCUT2D eigenvalue weighted by molar-refractivity contribution is 7.80. The van der Waals surface area contributed by atoms with Gasteiger partial charge in [0.25, 0.3) is 0 Å². The summed E-state index contributed by atoms with van der Waals surface area (Å²) in [6, 6.07) is 20.9. The van der Waals surface area contributed by atoms with Crippen LogP contribution in [0.3, 0.4) is 0 Å². The van der Waals surface area contributed by atoms with Gasteiger partial charge in [-0.15, -0.1) is 0 Å². The van der Waals surface area contributed by atoms with Crippen LogP contribution in [0.1, 0.15) is 49.2 Å². The molecule has 1 saturated carbocycles. The van der Waals surface area contributed by atoms with Gasteiger partial charge in [0.2, 0.25) is 0 Å². The van der Waals surface area contributed by atoms with Gasteiger partial charge in [-0.25, -0.2) is 0 Å². The Morgan fingerprint density at radius 2 is 1.75 bits per heavy atom. The van der Waals surface area contributed by atoms with E-state index in [-0.39, 0.29) is 12.1 Å². The van der Waals surface area contributed by atoms with E-state index in [2.05, 4.69) is 45.5 Å². The fourth-order valence-electron chi connectivity index (χ4n) is 4.52. The Bertz CT molecular complexity index is 950. The van der Waals surface area contributed by atoms with Crippen LogP contribution in [0.2, 0.25) is 0 Å². The fourth-order valence-corrected chi connectivity index (χ4v) is 4.90. The van der Waals surface area contributed by atoms with E-state index in [1.54, 1.807) is 0 Å². The number of nitrogens with zero attached hydrogens (tertiary/aromatic N) is 2. The van der Waals surface area contributed by atoms with E-state index in [1.165, 1.54) is 25.7 Å². The first kappa shape index (κ1) is 17.4. The summed E-state index contributed by atoms with van der Waals surface area (Å²) in [5.41, 5.74) is 2.08. The first-order valence-corrected chi connectivity index (χ1v) is 10.4. The number of hydrogen-bond donors (Lipinski definition) is 1. The van der Waals surface area contributed by atoms with Gasteiger partial charge in [0.15, 0.2) is 5.11 Å². The molecule has 2 atom stereocenters. The summed E-state index contributed by atoms with van der Waals surface area (Å²) in [5, 5.41) is 4.34. The van der Waals surface area contributed by atoms with Gasteiger partial charge in [-0.05, 0) is 49.3 Å². The molecule has 3 heterocycles. The Hall–Kier alpha value is -2.66. The molecule has 3 aromatic rings. The molecule has 1 saturated heterocycles. The Morgan fingerprint density at radius 3 is 2.50 bits per heavy atom. The molecule has 1 N–H and O–H groups in total. The van der Waals surface area contributed by atoms with Crippen LogP contribution in [0.15, 0.2) is 71.3 Å². The third-order valence-corrected chi connectivity index (χ3v) is 6.16. The third kappa shape index (κ3) is 3.10. The van der Waals surface area contributed by atoms with Gasteiger partial charge in [-0.3, -0.25) is 4.98 Å². The van der Waals surface area contributed by atoms with Gasteiger partial charge >= 0.3 is 0 Å². The number of benzene rings is 1. The zero-order valence-corrected chi connectivity index (χ0v) is 16.4. The molecule has 4 nitrogen and oxygen atoms in total. The average molecular weight is 390 g/mol. The largest absolute Gasteiger partial charge is 0.459 e. The molecule has 2 fully saturated rings. The normalized spacial score (nSPS) is 22.6. The lowest BCUT2D eigenvalue weighted by atomic mass is 10.0. The van der Waals surface area contributed by atoms with Crippen LogP contribution in [0.4, 0.5) is 0 Å². The standard InChI is InChI=1S/C23H23N3OS/c28-23-25-21(18-12-6-7-15-24-18)22(26(23)17-10-4-5-11-17)20-14-13-19(27-20)16-8-2-1-3-9-16/h1-3,6-9,12-15,17,21-22H,4-5,10-11H2,(H,25,28). The van der Waals surface area contributed by atoms with Crippen molar-refractivity contribution in [2.45, 2.75) is 43.8 Å². The molecule has 2 aromatic heterocycles. The maximum atomic E-state index is 6.37. The topological polar surface area (TPSA) is 41.3 Å². The second-order valence-electron chi connectivity index (χ2n) is 7.54. The van der Waals surface area contributed by atoms with Crippen LogP contribution in [0, 0.1) is 0 Å². The molecule has 5 heteroatoms. The molecule has 0 radical (unpaired) electrons. The van der Waals surface area contributed by atoms with Crippen LogP contribution in [-0.4, -0.2) is 21.0 Å². The van der Waals surface area contributed by atoms with Crippen LogP contribution in [0.5, 0.6) is 0 Å². The fraction of sp³-hybridized carbons (Fsp3) is 0.304. The maximum absolute atomic E-state index is 6.37. The lowest BCUT2D eigenvalue weighted by Crippen LogP contribution is -2.37. The number of thiocarbonyl (C=S) groups is 1. The maximum Gasteiger partial charge on any atom is 0.170 e. The summed E-state index contributed by atoms with van der Waals surface area (Å²) >= 11 is 5.78. The predicted molar refractivity (Wildman–Crippen MR) is 114 cm³/mol. The van der Waals surface area contributed by atoms with E-state index in [0.29, 0.717) is 6.04 Å². The highest BCUT2D eigenvalue weighted by atomic mass is 32.1. The molecule has 2 aliphatic rings. The molecule has 0 bridgehead atoms. The summed E-state index contributed by atoms with van der Waals surface area (Å²) < 4.78 is 6.37. The molecule has 5 rings (SSSR count). The molecule has 142 valence electrons. The second-order valence-corrected chi connectivity index (χ2v) is 7.93. The minimum absolute atomic E-state index is 0.0101. The number of hydrogen-bond acceptors (Lipinski definition) is 3. The zero-order valence-electron chi connectivity index (χ0n) is 15.6. The molecular weight excluding hydrogens is 366 g/mol. The summed E-state index contributed by atoms with van der Waals surface area (Å²) in [6.07, 6.45) is 6.72. The van der Waals surface area contributed by atoms with Crippen LogP contribution < -0.4 is 5.32 Å². The van der Waals surface area contributed by atoms with Gasteiger partial charge in [0, 0.05) is 17.8 Å². The van der Waals surface area contributed by atoms with Gasteiger partial charge in [-0.2, -0.15) is 0 Å². The summed E-state index contributed by atoms with van der Waals surface area (Å²) in [7, 11) is 0. The van der Waals surface area contributed by atoms with Crippen LogP contribution in [-0.2, 0) is 0 Å². The van der Waals surface area contributed by atoms with Crippen LogP contribution in [0.25, 0.3) is 11.3 Å². The van der Waals surface area contributed by atoms with Crippen molar-refractivity contribution >= 4 is 17.3 Å². The first-order valence-electron chi connectivity index (χ1n) is 9.96. The SMILES string of the molecule is S=C1NC(c2ccccn2)C(c2ccc(-c3ccccc3)o2)N1C1CCCC1. The van der Waals surface area contributed by atoms with Gasteiger partial charge in [0.1, 0.15) is 17.6 Å². The van der Waals surface area contributed by atoms with Crippen molar-refractivity contribution < 1.29 is 4.42 Å². The Kier molecular flexibility index (Phi) is 4.61. The minimum Gasteiger partial charge on any atom is -0.459 e. The molecule has 1 aromatic carbocycles. The summed E-state index contributed by atoms with van der Waals surface area (Å²) in [5.74, 6) is 1.83. The van der Waals surface area contributed by atoms with Gasteiger partial charge < -0.3 is 14.6 Å². The van der Waals surface area contributed by atoms with E-state index in [9.17, 15) is 0 Å². The first-order chi connectivity index (χ1) is 13.8. The molecule has 28 heavy (non-hydrogen) atoms. The van der Waals surface area contributed by atoms with E-state index >= 15 is 0 Å². The molecular formula is C23H23N3OS. The number of aromatic nitrogens is 1. The smallest absolute Gasteiger partial charge is 0.170 e. The van der Waals surface area contributed by atoms with E-state index in [4.69, 9.17) is 16.6 Å². The molecule has 2 unspecified atom stereocenters. The van der Waals surface area contributed by atoms with E-state index in [0.717, 1.165) is 27.9 Å². The highest BCUT2D eigenvalue weighted by Gasteiger charge is 2.45. The monoisotopic (exact) mass is 389 g/mol. The number of furan rings is 1. The highest BCUT2D eigenvalue weighted by Crippen LogP contribution is 2.43. The molecule has 1 aliphatic carbocycles. The molecule has 0 spiro atoms. The van der Waals surface area contributed by atoms with Crippen molar-refractivity contribution in [2.24, 2.45) is 0 Å². The van der Waals surface area contributed by atoms with E-state index < -0.39 is 0 Å². The summed E-state index contributed by atoms with van der Waals surface area (Å²) in [4.78, 5) is 6.98. The number of nitrogens with one attached hydrogen (secondary N) is 1. The van der Waals surface area contributed by atoms with Crippen LogP contribution >= 0.6 is 12.2 Å². The Labute approximate surface area is 170 Å². The second kappa shape index (κ2) is 7.40. The van der Waals surface area contributed by atoms with Crippen molar-refractivity contribution in [3.8, 4) is 11.3 Å². The van der Waals surface area contributed by atoms with Gasteiger partial charge in [-0.1, -0.05) is 49.2 Å². The molecule has 0 amide bonds.